The Kier molecular flexibility index (Phi) is 7.58. The lowest BCUT2D eigenvalue weighted by Gasteiger charge is -2.26. The van der Waals surface area contributed by atoms with Crippen molar-refractivity contribution in [3.8, 4) is 5.69 Å². The molecule has 5 rings (SSSR count). The zero-order chi connectivity index (χ0) is 25.9. The predicted octanol–water partition coefficient (Wildman–Crippen LogP) is 5.46. The average Bonchev–Trinajstić information content (AvgIpc) is 3.26. The van der Waals surface area contributed by atoms with Gasteiger partial charge in [-0.05, 0) is 61.7 Å². The maximum atomic E-state index is 12.8. The third-order valence-corrected chi connectivity index (χ3v) is 7.15. The van der Waals surface area contributed by atoms with E-state index in [2.05, 4.69) is 39.3 Å². The molecule has 3 heterocycles. The highest BCUT2D eigenvalue weighted by atomic mass is 35.5. The van der Waals surface area contributed by atoms with E-state index < -0.39 is 0 Å². The van der Waals surface area contributed by atoms with E-state index in [0.29, 0.717) is 28.0 Å². The molecule has 2 aliphatic heterocycles. The number of rotatable bonds is 7. The quantitative estimate of drug-likeness (QED) is 0.448. The van der Waals surface area contributed by atoms with E-state index in [0.717, 1.165) is 48.8 Å². The molecule has 0 aliphatic carbocycles. The molecule has 0 spiro atoms. The van der Waals surface area contributed by atoms with Crippen LogP contribution in [0.4, 0.5) is 17.1 Å². The fourth-order valence-electron chi connectivity index (χ4n) is 5.13. The number of aromatic nitrogens is 3. The third-order valence-electron chi connectivity index (χ3n) is 6.85. The van der Waals surface area contributed by atoms with Crippen molar-refractivity contribution in [1.29, 1.82) is 0 Å². The Labute approximate surface area is 223 Å². The lowest BCUT2D eigenvalue weighted by atomic mass is 10.1. The molecule has 0 unspecified atom stereocenters. The number of carbonyl (C=O) groups is 1. The van der Waals surface area contributed by atoms with Gasteiger partial charge >= 0.3 is 0 Å². The molecule has 1 aromatic heterocycles. The van der Waals surface area contributed by atoms with E-state index in [-0.39, 0.29) is 12.3 Å². The van der Waals surface area contributed by atoms with Crippen LogP contribution in [0.15, 0.2) is 47.6 Å². The Morgan fingerprint density at radius 1 is 1.14 bits per heavy atom. The van der Waals surface area contributed by atoms with Gasteiger partial charge in [0.1, 0.15) is 0 Å². The number of benzene rings is 2. The topological polar surface area (TPSA) is 78.7 Å². The Bertz CT molecular complexity index is 1310. The van der Waals surface area contributed by atoms with Crippen LogP contribution in [0.25, 0.3) is 5.69 Å². The first kappa shape index (κ1) is 25.4. The minimum absolute atomic E-state index is 0.117. The number of carbonyl (C=O) groups excluding carboxylic acids is 1. The van der Waals surface area contributed by atoms with Gasteiger partial charge in [0, 0.05) is 20.1 Å². The number of fused-ring (bicyclic) bond motifs is 1. The molecule has 0 radical (unpaired) electrons. The van der Waals surface area contributed by atoms with E-state index in [1.54, 1.807) is 6.07 Å². The van der Waals surface area contributed by atoms with Crippen LogP contribution >= 0.6 is 11.6 Å². The zero-order valence-corrected chi connectivity index (χ0v) is 22.5. The molecule has 0 bridgehead atoms. The first-order valence-electron chi connectivity index (χ1n) is 13.0. The van der Waals surface area contributed by atoms with Gasteiger partial charge in [0.05, 0.1) is 51.8 Å². The molecule has 1 saturated heterocycles. The van der Waals surface area contributed by atoms with Crippen molar-refractivity contribution in [2.24, 2.45) is 10.9 Å². The van der Waals surface area contributed by atoms with Crippen LogP contribution < -0.4 is 10.2 Å². The molecule has 1 N–H and O–H groups in total. The number of aliphatic imine (C=N–C) groups is 1. The van der Waals surface area contributed by atoms with Crippen LogP contribution in [0.3, 0.4) is 0 Å². The minimum atomic E-state index is -0.117. The lowest BCUT2D eigenvalue weighted by molar-refractivity contribution is -0.115. The highest BCUT2D eigenvalue weighted by molar-refractivity contribution is 6.34. The molecule has 3 aromatic rings. The summed E-state index contributed by atoms with van der Waals surface area (Å²) in [6.07, 6.45) is 5.79. The first-order chi connectivity index (χ1) is 17.9. The van der Waals surface area contributed by atoms with E-state index in [9.17, 15) is 4.79 Å². The number of nitrogens with zero attached hydrogens (tertiary/aromatic N) is 6. The van der Waals surface area contributed by atoms with Gasteiger partial charge in [-0.1, -0.05) is 49.2 Å². The number of hydrogen-bond donors (Lipinski definition) is 1. The number of hydrogen-bond acceptors (Lipinski definition) is 6. The van der Waals surface area contributed by atoms with Crippen LogP contribution in [0, 0.1) is 5.92 Å². The maximum absolute atomic E-state index is 12.8. The maximum Gasteiger partial charge on any atom is 0.230 e. The number of halogens is 1. The van der Waals surface area contributed by atoms with Crippen molar-refractivity contribution in [2.45, 2.75) is 46.1 Å². The summed E-state index contributed by atoms with van der Waals surface area (Å²) in [5.41, 5.74) is 5.77. The average molecular weight is 520 g/mol. The Hall–Kier alpha value is -3.23. The van der Waals surface area contributed by atoms with Gasteiger partial charge in [-0.15, -0.1) is 5.10 Å². The van der Waals surface area contributed by atoms with Gasteiger partial charge in [0.15, 0.2) is 0 Å². The van der Waals surface area contributed by atoms with Crippen molar-refractivity contribution in [1.82, 2.24) is 19.9 Å². The van der Waals surface area contributed by atoms with E-state index in [1.807, 2.05) is 48.3 Å². The van der Waals surface area contributed by atoms with E-state index in [4.69, 9.17) is 16.6 Å². The van der Waals surface area contributed by atoms with Crippen LogP contribution in [-0.2, 0) is 11.3 Å². The van der Waals surface area contributed by atoms with E-state index >= 15 is 0 Å². The second-order valence-corrected chi connectivity index (χ2v) is 10.8. The molecule has 9 heteroatoms. The van der Waals surface area contributed by atoms with Gasteiger partial charge in [0.2, 0.25) is 5.91 Å². The summed E-state index contributed by atoms with van der Waals surface area (Å²) in [5, 5.41) is 12.1. The smallest absolute Gasteiger partial charge is 0.230 e. The second-order valence-electron chi connectivity index (χ2n) is 10.4. The molecule has 8 nitrogen and oxygen atoms in total. The SMILES string of the molecule is CC(C)CN(C)c1cc2c(cc1Cl)NC(=O)CC(c1cccc(-n3nncc3CN3CCCCC3)c1)=N2. The summed E-state index contributed by atoms with van der Waals surface area (Å²) in [5.74, 6) is 0.367. The Morgan fingerprint density at radius 3 is 2.73 bits per heavy atom. The summed E-state index contributed by atoms with van der Waals surface area (Å²) in [6.45, 7) is 8.24. The van der Waals surface area contributed by atoms with Gasteiger partial charge in [-0.25, -0.2) is 4.68 Å². The number of piperidine rings is 1. The van der Waals surface area contributed by atoms with Crippen LogP contribution in [0.1, 0.15) is 50.8 Å². The van der Waals surface area contributed by atoms with Gasteiger partial charge in [-0.2, -0.15) is 0 Å². The third kappa shape index (κ3) is 5.86. The van der Waals surface area contributed by atoms with Crippen molar-refractivity contribution in [2.75, 3.05) is 36.9 Å². The summed E-state index contributed by atoms with van der Waals surface area (Å²) in [4.78, 5) is 22.4. The van der Waals surface area contributed by atoms with Crippen molar-refractivity contribution in [3.63, 3.8) is 0 Å². The van der Waals surface area contributed by atoms with E-state index in [1.165, 1.54) is 19.3 Å². The van der Waals surface area contributed by atoms with Crippen molar-refractivity contribution < 1.29 is 4.79 Å². The summed E-state index contributed by atoms with van der Waals surface area (Å²) >= 11 is 6.60. The molecule has 2 aliphatic rings. The number of likely N-dealkylation sites (tertiary alicyclic amines) is 1. The van der Waals surface area contributed by atoms with Gasteiger partial charge in [0.25, 0.3) is 0 Å². The predicted molar refractivity (Wildman–Crippen MR) is 149 cm³/mol. The molecular formula is C28H34ClN7O. The largest absolute Gasteiger partial charge is 0.373 e. The molecule has 194 valence electrons. The van der Waals surface area contributed by atoms with Crippen LogP contribution in [-0.4, -0.2) is 58.2 Å². The highest BCUT2D eigenvalue weighted by Crippen LogP contribution is 2.38. The van der Waals surface area contributed by atoms with Gasteiger partial charge < -0.3 is 10.2 Å². The molecule has 2 aromatic carbocycles. The molecule has 1 fully saturated rings. The van der Waals surface area contributed by atoms with Crippen molar-refractivity contribution in [3.05, 3.63) is 58.9 Å². The standard InChI is InChI=1S/C28H34ClN7O/c1-19(2)17-34(3)27-14-26-25(13-23(27)29)32-28(37)15-24(31-26)20-8-7-9-21(12-20)36-22(16-30-33-36)18-35-10-5-4-6-11-35/h7-9,12-14,16,19H,4-6,10-11,15,17-18H2,1-3H3,(H,32,37). The van der Waals surface area contributed by atoms with Crippen molar-refractivity contribution >= 4 is 40.3 Å². The summed E-state index contributed by atoms with van der Waals surface area (Å²) < 4.78 is 1.89. The number of nitrogens with one attached hydrogen (secondary N) is 1. The summed E-state index contributed by atoms with van der Waals surface area (Å²) in [6, 6.07) is 11.8. The Morgan fingerprint density at radius 2 is 1.95 bits per heavy atom. The molecule has 0 atom stereocenters. The minimum Gasteiger partial charge on any atom is -0.373 e. The highest BCUT2D eigenvalue weighted by Gasteiger charge is 2.21. The fourth-order valence-corrected chi connectivity index (χ4v) is 5.43. The Balaban J connectivity index is 1.47. The number of amides is 1. The van der Waals surface area contributed by atoms with Gasteiger partial charge in [-0.3, -0.25) is 14.7 Å². The summed E-state index contributed by atoms with van der Waals surface area (Å²) in [7, 11) is 2.02. The molecular weight excluding hydrogens is 486 g/mol. The van der Waals surface area contributed by atoms with Crippen LogP contribution in [0.5, 0.6) is 0 Å². The molecule has 37 heavy (non-hydrogen) atoms. The fraction of sp³-hybridized carbons (Fsp3) is 0.429. The molecule has 0 saturated carbocycles. The van der Waals surface area contributed by atoms with Crippen LogP contribution in [0.2, 0.25) is 5.02 Å². The normalized spacial score (nSPS) is 16.2. The monoisotopic (exact) mass is 519 g/mol. The first-order valence-corrected chi connectivity index (χ1v) is 13.4. The number of anilines is 2. The second kappa shape index (κ2) is 11.0. The molecule has 1 amide bonds. The lowest BCUT2D eigenvalue weighted by Crippen LogP contribution is -2.30. The zero-order valence-electron chi connectivity index (χ0n) is 21.7.